The summed E-state index contributed by atoms with van der Waals surface area (Å²) in [6.07, 6.45) is 0. The van der Waals surface area contributed by atoms with Crippen molar-refractivity contribution in [3.8, 4) is 0 Å². The Morgan fingerprint density at radius 1 is 0.625 bits per heavy atom. The molecule has 0 spiro atoms. The molecule has 1 radical (unpaired) electrons. The van der Waals surface area contributed by atoms with E-state index in [4.69, 9.17) is 35.5 Å². The number of hydrogen-bond acceptors (Lipinski definition) is 3. The summed E-state index contributed by atoms with van der Waals surface area (Å²) in [6.45, 7) is 14.2. The van der Waals surface area contributed by atoms with Gasteiger partial charge >= 0.3 is 73.8 Å². The van der Waals surface area contributed by atoms with Crippen molar-refractivity contribution in [3.05, 3.63) is 19.7 Å². The van der Waals surface area contributed by atoms with Gasteiger partial charge in [-0.25, -0.2) is 0 Å². The van der Waals surface area contributed by atoms with E-state index in [-0.39, 0.29) is 73.8 Å². The Morgan fingerprint density at radius 3 is 0.625 bits per heavy atom. The molecule has 0 aliphatic carbocycles. The molecule has 0 aliphatic heterocycles. The predicted octanol–water partition coefficient (Wildman–Crippen LogP) is -2.71. The standard InChI is InChI=1S/3CN.Au.K/c3*1-2;;/q3*-1;+2;+1. The summed E-state index contributed by atoms with van der Waals surface area (Å²) in [4.78, 5) is 0. The maximum absolute atomic E-state index is 6.25. The molecular weight excluding hydrogens is 314 g/mol. The van der Waals surface area contributed by atoms with E-state index < -0.39 is 0 Å². The van der Waals surface area contributed by atoms with E-state index in [9.17, 15) is 0 Å². The first-order chi connectivity index (χ1) is 3.00. The number of nitrogens with zero attached hydrogens (tertiary/aromatic N) is 3. The van der Waals surface area contributed by atoms with Crippen LogP contribution in [0.3, 0.4) is 0 Å². The van der Waals surface area contributed by atoms with Gasteiger partial charge in [0.25, 0.3) is 0 Å². The van der Waals surface area contributed by atoms with Crippen LogP contribution in [0.4, 0.5) is 0 Å². The summed E-state index contributed by atoms with van der Waals surface area (Å²) in [7, 11) is 0. The van der Waals surface area contributed by atoms with Gasteiger partial charge in [0.15, 0.2) is 0 Å². The number of rotatable bonds is 0. The maximum atomic E-state index is 6.25. The second kappa shape index (κ2) is 513. The monoisotopic (exact) mass is 314 g/mol. The molecule has 0 saturated carbocycles. The minimum absolute atomic E-state index is 0. The van der Waals surface area contributed by atoms with Crippen molar-refractivity contribution in [3.63, 3.8) is 0 Å². The molecule has 0 bridgehead atoms. The van der Waals surface area contributed by atoms with Crippen LogP contribution in [-0.4, -0.2) is 0 Å². The summed E-state index contributed by atoms with van der Waals surface area (Å²) >= 11 is 0. The van der Waals surface area contributed by atoms with Crippen LogP contribution in [0.15, 0.2) is 0 Å². The fourth-order valence-electron chi connectivity index (χ4n) is 0. The first-order valence-corrected chi connectivity index (χ1v) is 0.671. The summed E-state index contributed by atoms with van der Waals surface area (Å²) in [5, 5.41) is 18.8. The molecule has 0 aromatic rings. The van der Waals surface area contributed by atoms with Gasteiger partial charge in [-0.15, -0.1) is 0 Å². The minimum Gasteiger partial charge on any atom is -0.512 e. The Hall–Kier alpha value is 0.847. The number of hydrogen-bond donors (Lipinski definition) is 0. The van der Waals surface area contributed by atoms with Crippen LogP contribution >= 0.6 is 0 Å². The third kappa shape index (κ3) is 327. The third-order valence-corrected chi connectivity index (χ3v) is 0. The first-order valence-electron chi connectivity index (χ1n) is 0.671. The summed E-state index contributed by atoms with van der Waals surface area (Å²) in [6, 6.07) is 0. The third-order valence-electron chi connectivity index (χ3n) is 0. The van der Waals surface area contributed by atoms with Gasteiger partial charge in [0.2, 0.25) is 0 Å². The van der Waals surface area contributed by atoms with Crippen LogP contribution in [0.1, 0.15) is 0 Å². The van der Waals surface area contributed by atoms with E-state index in [2.05, 4.69) is 0 Å². The summed E-state index contributed by atoms with van der Waals surface area (Å²) in [5.74, 6) is 0. The molecule has 0 atom stereocenters. The molecule has 0 unspecified atom stereocenters. The van der Waals surface area contributed by atoms with Crippen molar-refractivity contribution in [2.75, 3.05) is 0 Å². The SMILES string of the molecule is [Au+2].[C-]#N.[C-]#N.[C-]#N.[K+]. The van der Waals surface area contributed by atoms with E-state index in [0.717, 1.165) is 0 Å². The van der Waals surface area contributed by atoms with Gasteiger partial charge in [0.1, 0.15) is 0 Å². The second-order valence-electron chi connectivity index (χ2n) is 0. The smallest absolute Gasteiger partial charge is 0.512 e. The molecular formula is C3AuKN3. The molecule has 3 nitrogen and oxygen atoms in total. The van der Waals surface area contributed by atoms with Crippen molar-refractivity contribution in [2.45, 2.75) is 0 Å². The molecule has 0 aromatic carbocycles. The van der Waals surface area contributed by atoms with Gasteiger partial charge in [0, 0.05) is 0 Å². The molecule has 8 heavy (non-hydrogen) atoms. The van der Waals surface area contributed by atoms with Gasteiger partial charge in [-0.1, -0.05) is 0 Å². The van der Waals surface area contributed by atoms with Gasteiger partial charge in [0.05, 0.1) is 0 Å². The van der Waals surface area contributed by atoms with E-state index in [1.54, 1.807) is 0 Å². The Kier molecular flexibility index (Phi) is 2360. The normalized spacial score (nSPS) is 0.750. The zero-order valence-corrected chi connectivity index (χ0v) is 9.43. The van der Waals surface area contributed by atoms with Gasteiger partial charge in [-0.05, 0) is 0 Å². The zero-order chi connectivity index (χ0) is 6.00. The topological polar surface area (TPSA) is 71.4 Å². The van der Waals surface area contributed by atoms with Gasteiger partial charge in [-0.2, -0.15) is 0 Å². The van der Waals surface area contributed by atoms with Crippen molar-refractivity contribution in [1.82, 2.24) is 0 Å². The average molecular weight is 314 g/mol. The van der Waals surface area contributed by atoms with Gasteiger partial charge < -0.3 is 35.5 Å². The Bertz CT molecular complexity index is 43.0. The molecule has 0 saturated heterocycles. The summed E-state index contributed by atoms with van der Waals surface area (Å²) in [5.41, 5.74) is 0. The molecule has 0 heterocycles. The molecule has 39 valence electrons. The van der Waals surface area contributed by atoms with Crippen LogP contribution in [-0.2, 0) is 22.4 Å². The Morgan fingerprint density at radius 2 is 0.625 bits per heavy atom. The minimum atomic E-state index is 0. The second-order valence-corrected chi connectivity index (χ2v) is 0. The Balaban J connectivity index is -0.00000000500. The van der Waals surface area contributed by atoms with Crippen LogP contribution in [0.5, 0.6) is 0 Å². The molecule has 0 amide bonds. The fraction of sp³-hybridized carbons (Fsp3) is 0. The maximum Gasteiger partial charge on any atom is 2.00 e. The van der Waals surface area contributed by atoms with Crippen LogP contribution in [0.25, 0.3) is 0 Å². The first kappa shape index (κ1) is 36.8. The zero-order valence-electron chi connectivity index (χ0n) is 4.14. The van der Waals surface area contributed by atoms with Crippen molar-refractivity contribution >= 4 is 0 Å². The van der Waals surface area contributed by atoms with Crippen molar-refractivity contribution in [1.29, 1.82) is 15.8 Å². The van der Waals surface area contributed by atoms with E-state index in [0.29, 0.717) is 0 Å². The average Bonchev–Trinajstić information content (AvgIpc) is 1.81. The van der Waals surface area contributed by atoms with Gasteiger partial charge in [-0.3, -0.25) is 0 Å². The van der Waals surface area contributed by atoms with Crippen molar-refractivity contribution < 1.29 is 73.8 Å². The Labute approximate surface area is 107 Å². The van der Waals surface area contributed by atoms with Crippen molar-refractivity contribution in [2.24, 2.45) is 0 Å². The van der Waals surface area contributed by atoms with Crippen LogP contribution in [0.2, 0.25) is 0 Å². The van der Waals surface area contributed by atoms with Crippen LogP contribution < -0.4 is 51.4 Å². The van der Waals surface area contributed by atoms with E-state index in [1.165, 1.54) is 0 Å². The van der Waals surface area contributed by atoms with E-state index >= 15 is 0 Å². The van der Waals surface area contributed by atoms with E-state index in [1.807, 2.05) is 0 Å². The fourth-order valence-corrected chi connectivity index (χ4v) is 0. The predicted molar refractivity (Wildman–Crippen MR) is 14.9 cm³/mol. The molecule has 5 heteroatoms. The molecule has 0 N–H and O–H groups in total. The quantitative estimate of drug-likeness (QED) is 0.361. The molecule has 0 fully saturated rings. The van der Waals surface area contributed by atoms with Crippen LogP contribution in [0, 0.1) is 35.5 Å². The largest absolute Gasteiger partial charge is 2.00 e. The molecule has 0 aromatic heterocycles. The molecule has 0 aliphatic rings. The molecule has 0 rings (SSSR count). The summed E-state index contributed by atoms with van der Waals surface area (Å²) < 4.78 is 0.